The summed E-state index contributed by atoms with van der Waals surface area (Å²) in [4.78, 5) is 18.8. The molecule has 0 atom stereocenters. The predicted molar refractivity (Wildman–Crippen MR) is 95.9 cm³/mol. The largest absolute Gasteiger partial charge is 0.347 e. The first-order valence-electron chi connectivity index (χ1n) is 7.77. The van der Waals surface area contributed by atoms with Gasteiger partial charge in [0.2, 0.25) is 0 Å². The predicted octanol–water partition coefficient (Wildman–Crippen LogP) is 4.31. The van der Waals surface area contributed by atoms with Gasteiger partial charge in [-0.25, -0.2) is 4.98 Å². The number of benzene rings is 1. The fourth-order valence-electron chi connectivity index (χ4n) is 2.57. The van der Waals surface area contributed by atoms with Gasteiger partial charge in [-0.15, -0.1) is 11.3 Å². The molecule has 5 heteroatoms. The Labute approximate surface area is 140 Å². The average Bonchev–Trinajstić information content (AvgIpc) is 3.09. The van der Waals surface area contributed by atoms with Gasteiger partial charge < -0.3 is 9.88 Å². The lowest BCUT2D eigenvalue weighted by atomic mass is 10.1. The van der Waals surface area contributed by atoms with Crippen LogP contribution in [0.3, 0.4) is 0 Å². The number of fused-ring (bicyclic) bond motifs is 1. The van der Waals surface area contributed by atoms with Crippen molar-refractivity contribution in [1.82, 2.24) is 14.9 Å². The molecule has 0 aliphatic heterocycles. The van der Waals surface area contributed by atoms with Crippen LogP contribution in [0.2, 0.25) is 0 Å². The van der Waals surface area contributed by atoms with Crippen LogP contribution in [0.5, 0.6) is 0 Å². The maximum atomic E-state index is 12.3. The first kappa shape index (κ1) is 15.7. The third-order valence-corrected chi connectivity index (χ3v) is 4.59. The van der Waals surface area contributed by atoms with Crippen molar-refractivity contribution in [2.45, 2.75) is 39.8 Å². The van der Waals surface area contributed by atoms with Crippen molar-refractivity contribution < 1.29 is 4.79 Å². The van der Waals surface area contributed by atoms with E-state index >= 15 is 0 Å². The first-order chi connectivity index (χ1) is 10.9. The Kier molecular flexibility index (Phi) is 3.98. The molecule has 0 saturated carbocycles. The zero-order chi connectivity index (χ0) is 16.6. The summed E-state index contributed by atoms with van der Waals surface area (Å²) in [5.41, 5.74) is 1.87. The average molecular weight is 327 g/mol. The number of thiophene rings is 1. The van der Waals surface area contributed by atoms with Crippen LogP contribution >= 0.6 is 11.3 Å². The normalized spacial score (nSPS) is 11.8. The number of aryl methyl sites for hydroxylation is 1. The number of para-hydroxylation sites is 2. The molecule has 1 aromatic carbocycles. The number of amides is 1. The second-order valence-electron chi connectivity index (χ2n) is 6.54. The van der Waals surface area contributed by atoms with Crippen molar-refractivity contribution in [3.8, 4) is 10.7 Å². The lowest BCUT2D eigenvalue weighted by Crippen LogP contribution is -2.40. The summed E-state index contributed by atoms with van der Waals surface area (Å²) in [5.74, 6) is 0.890. The van der Waals surface area contributed by atoms with E-state index in [1.807, 2.05) is 51.1 Å². The summed E-state index contributed by atoms with van der Waals surface area (Å²) in [6.45, 7) is 8.90. The molecule has 2 heterocycles. The van der Waals surface area contributed by atoms with Crippen molar-refractivity contribution in [2.24, 2.45) is 0 Å². The third-order valence-electron chi connectivity index (χ3n) is 3.51. The lowest BCUT2D eigenvalue weighted by Gasteiger charge is -2.19. The van der Waals surface area contributed by atoms with Crippen LogP contribution in [0.4, 0.5) is 0 Å². The maximum Gasteiger partial charge on any atom is 0.261 e. The number of hydrogen-bond donors (Lipinski definition) is 1. The molecule has 1 amide bonds. The fraction of sp³-hybridized carbons (Fsp3) is 0.333. The maximum absolute atomic E-state index is 12.3. The molecular formula is C18H21N3OS. The molecule has 0 aliphatic carbocycles. The van der Waals surface area contributed by atoms with Crippen molar-refractivity contribution in [1.29, 1.82) is 0 Å². The summed E-state index contributed by atoms with van der Waals surface area (Å²) in [6.07, 6.45) is 0. The minimum atomic E-state index is -0.238. The summed E-state index contributed by atoms with van der Waals surface area (Å²) in [6, 6.07) is 12.0. The van der Waals surface area contributed by atoms with Crippen LogP contribution < -0.4 is 5.32 Å². The number of nitrogens with one attached hydrogen (secondary N) is 1. The van der Waals surface area contributed by atoms with Crippen molar-refractivity contribution >= 4 is 28.3 Å². The van der Waals surface area contributed by atoms with Crippen LogP contribution in [0.25, 0.3) is 21.7 Å². The number of nitrogens with zero attached hydrogens (tertiary/aromatic N) is 2. The highest BCUT2D eigenvalue weighted by molar-refractivity contribution is 7.17. The van der Waals surface area contributed by atoms with Gasteiger partial charge in [-0.3, -0.25) is 4.79 Å². The van der Waals surface area contributed by atoms with Gasteiger partial charge in [0.1, 0.15) is 0 Å². The third kappa shape index (κ3) is 3.15. The molecule has 0 radical (unpaired) electrons. The number of rotatable bonds is 3. The minimum absolute atomic E-state index is 0.0343. The number of hydrogen-bond acceptors (Lipinski definition) is 3. The Morgan fingerprint density at radius 2 is 1.96 bits per heavy atom. The first-order valence-corrected chi connectivity index (χ1v) is 8.58. The molecule has 3 aromatic rings. The smallest absolute Gasteiger partial charge is 0.261 e. The van der Waals surface area contributed by atoms with Crippen LogP contribution in [0.1, 0.15) is 37.4 Å². The van der Waals surface area contributed by atoms with E-state index in [1.165, 1.54) is 11.3 Å². The Morgan fingerprint density at radius 1 is 1.22 bits per heavy atom. The summed E-state index contributed by atoms with van der Waals surface area (Å²) in [5, 5.41) is 3.00. The molecule has 23 heavy (non-hydrogen) atoms. The highest BCUT2D eigenvalue weighted by Gasteiger charge is 2.19. The lowest BCUT2D eigenvalue weighted by molar-refractivity contribution is 0.0924. The number of carbonyl (C=O) groups is 1. The molecular weight excluding hydrogens is 306 g/mol. The van der Waals surface area contributed by atoms with Crippen molar-refractivity contribution in [3.05, 3.63) is 41.3 Å². The monoisotopic (exact) mass is 327 g/mol. The molecule has 0 fully saturated rings. The Morgan fingerprint density at radius 3 is 2.65 bits per heavy atom. The summed E-state index contributed by atoms with van der Waals surface area (Å²) >= 11 is 1.48. The van der Waals surface area contributed by atoms with E-state index in [0.29, 0.717) is 4.88 Å². The standard InChI is InChI=1S/C18H21N3OS/c1-5-21-13-9-7-6-8-12(13)19-16(21)14-10-11-15(23-14)17(22)20-18(2,3)4/h6-11H,5H2,1-4H3,(H,20,22). The van der Waals surface area contributed by atoms with Gasteiger partial charge in [0.25, 0.3) is 5.91 Å². The molecule has 120 valence electrons. The van der Waals surface area contributed by atoms with E-state index in [-0.39, 0.29) is 11.4 Å². The van der Waals surface area contributed by atoms with Crippen molar-refractivity contribution in [2.75, 3.05) is 0 Å². The van der Waals surface area contributed by atoms with Gasteiger partial charge in [-0.05, 0) is 52.0 Å². The summed E-state index contributed by atoms with van der Waals surface area (Å²) in [7, 11) is 0. The highest BCUT2D eigenvalue weighted by Crippen LogP contribution is 2.30. The van der Waals surface area contributed by atoms with E-state index in [0.717, 1.165) is 28.3 Å². The molecule has 3 rings (SSSR count). The van der Waals surface area contributed by atoms with Crippen molar-refractivity contribution in [3.63, 3.8) is 0 Å². The molecule has 0 unspecified atom stereocenters. The fourth-order valence-corrected chi connectivity index (χ4v) is 3.47. The number of aromatic nitrogens is 2. The second-order valence-corrected chi connectivity index (χ2v) is 7.62. The van der Waals surface area contributed by atoms with Crippen LogP contribution in [-0.4, -0.2) is 21.0 Å². The molecule has 0 saturated heterocycles. The highest BCUT2D eigenvalue weighted by atomic mass is 32.1. The number of imidazole rings is 1. The van der Waals surface area contributed by atoms with Gasteiger partial charge in [0.15, 0.2) is 5.82 Å². The Hall–Kier alpha value is -2.14. The SMILES string of the molecule is CCn1c(-c2ccc(C(=O)NC(C)(C)C)s2)nc2ccccc21. The van der Waals surface area contributed by atoms with Gasteiger partial charge in [0.05, 0.1) is 20.8 Å². The van der Waals surface area contributed by atoms with Crippen LogP contribution in [0, 0.1) is 0 Å². The Bertz CT molecular complexity index is 855. The van der Waals surface area contributed by atoms with Crippen LogP contribution in [-0.2, 0) is 6.54 Å². The van der Waals surface area contributed by atoms with Crippen LogP contribution in [0.15, 0.2) is 36.4 Å². The van der Waals surface area contributed by atoms with Gasteiger partial charge in [-0.1, -0.05) is 12.1 Å². The quantitative estimate of drug-likeness (QED) is 0.779. The van der Waals surface area contributed by atoms with Gasteiger partial charge in [0, 0.05) is 12.1 Å². The molecule has 0 aliphatic rings. The van der Waals surface area contributed by atoms with E-state index in [9.17, 15) is 4.79 Å². The topological polar surface area (TPSA) is 46.9 Å². The van der Waals surface area contributed by atoms with E-state index < -0.39 is 0 Å². The van der Waals surface area contributed by atoms with Gasteiger partial charge in [-0.2, -0.15) is 0 Å². The minimum Gasteiger partial charge on any atom is -0.347 e. The molecule has 2 aromatic heterocycles. The molecule has 0 bridgehead atoms. The zero-order valence-electron chi connectivity index (χ0n) is 13.9. The molecule has 1 N–H and O–H groups in total. The number of carbonyl (C=O) groups excluding carboxylic acids is 1. The Balaban J connectivity index is 1.99. The molecule has 0 spiro atoms. The van der Waals surface area contributed by atoms with E-state index in [1.54, 1.807) is 0 Å². The molecule has 4 nitrogen and oxygen atoms in total. The van der Waals surface area contributed by atoms with E-state index in [2.05, 4.69) is 22.9 Å². The zero-order valence-corrected chi connectivity index (χ0v) is 14.7. The summed E-state index contributed by atoms with van der Waals surface area (Å²) < 4.78 is 2.19. The van der Waals surface area contributed by atoms with E-state index in [4.69, 9.17) is 4.98 Å². The van der Waals surface area contributed by atoms with Gasteiger partial charge >= 0.3 is 0 Å². The second kappa shape index (κ2) is 5.81.